The molecule has 7 nitrogen and oxygen atoms in total. The van der Waals surface area contributed by atoms with Crippen LogP contribution in [0.25, 0.3) is 0 Å². The summed E-state index contributed by atoms with van der Waals surface area (Å²) in [6.07, 6.45) is 1.21. The van der Waals surface area contributed by atoms with Crippen LogP contribution < -0.4 is 4.74 Å². The first-order valence-electron chi connectivity index (χ1n) is 8.70. The van der Waals surface area contributed by atoms with Crippen molar-refractivity contribution in [3.63, 3.8) is 0 Å². The van der Waals surface area contributed by atoms with Gasteiger partial charge in [0.25, 0.3) is 5.91 Å². The molecule has 7 heteroatoms. The lowest BCUT2D eigenvalue weighted by Gasteiger charge is -2.30. The number of carbonyl (C=O) groups excluding carboxylic acids is 3. The van der Waals surface area contributed by atoms with Gasteiger partial charge in [-0.3, -0.25) is 14.4 Å². The number of esters is 2. The highest BCUT2D eigenvalue weighted by Gasteiger charge is 2.28. The Labute approximate surface area is 153 Å². The van der Waals surface area contributed by atoms with Crippen LogP contribution in [0.15, 0.2) is 24.3 Å². The summed E-state index contributed by atoms with van der Waals surface area (Å²) in [5.41, 5.74) is 1.13. The molecule has 0 aromatic heterocycles. The van der Waals surface area contributed by atoms with Crippen molar-refractivity contribution in [2.75, 3.05) is 33.4 Å². The van der Waals surface area contributed by atoms with Crippen molar-refractivity contribution >= 4 is 17.8 Å². The monoisotopic (exact) mass is 363 g/mol. The lowest BCUT2D eigenvalue weighted by Crippen LogP contribution is -2.42. The molecule has 1 aliphatic rings. The molecule has 0 radical (unpaired) electrons. The van der Waals surface area contributed by atoms with Gasteiger partial charge in [-0.1, -0.05) is 17.7 Å². The van der Waals surface area contributed by atoms with E-state index in [-0.39, 0.29) is 37.4 Å². The Morgan fingerprint density at radius 3 is 2.38 bits per heavy atom. The fourth-order valence-electron chi connectivity index (χ4n) is 2.72. The minimum Gasteiger partial charge on any atom is -0.493 e. The number of hydrogen-bond donors (Lipinski definition) is 0. The lowest BCUT2D eigenvalue weighted by molar-refractivity contribution is -0.154. The number of aryl methyl sites for hydroxylation is 1. The van der Waals surface area contributed by atoms with E-state index in [1.54, 1.807) is 4.90 Å². The Balaban J connectivity index is 1.62. The van der Waals surface area contributed by atoms with E-state index < -0.39 is 5.97 Å². The molecule has 1 fully saturated rings. The van der Waals surface area contributed by atoms with Crippen molar-refractivity contribution in [1.82, 2.24) is 4.90 Å². The van der Waals surface area contributed by atoms with E-state index in [0.29, 0.717) is 31.7 Å². The van der Waals surface area contributed by atoms with E-state index in [9.17, 15) is 14.4 Å². The fourth-order valence-corrected chi connectivity index (χ4v) is 2.72. The van der Waals surface area contributed by atoms with Crippen LogP contribution in [0.5, 0.6) is 5.75 Å². The molecular formula is C19H25NO6. The van der Waals surface area contributed by atoms with Gasteiger partial charge in [0.2, 0.25) is 0 Å². The van der Waals surface area contributed by atoms with Crippen molar-refractivity contribution in [3.05, 3.63) is 29.8 Å². The quantitative estimate of drug-likeness (QED) is 0.686. The van der Waals surface area contributed by atoms with Crippen molar-refractivity contribution in [1.29, 1.82) is 0 Å². The molecule has 26 heavy (non-hydrogen) atoms. The third kappa shape index (κ3) is 6.06. The molecule has 1 heterocycles. The number of hydrogen-bond acceptors (Lipinski definition) is 6. The number of amides is 1. The van der Waals surface area contributed by atoms with Crippen LogP contribution in [0.2, 0.25) is 0 Å². The van der Waals surface area contributed by atoms with Crippen LogP contribution in [-0.4, -0.2) is 56.2 Å². The number of ether oxygens (including phenoxy) is 3. The number of likely N-dealkylation sites (tertiary alicyclic amines) is 1. The standard InChI is InChI=1S/C19H25NO6/c1-14-3-5-16(6-4-14)25-12-9-18(22)26-13-17(21)20-10-7-15(8-11-20)19(23)24-2/h3-6,15H,7-13H2,1-2H3. The summed E-state index contributed by atoms with van der Waals surface area (Å²) in [4.78, 5) is 36.9. The molecule has 0 atom stereocenters. The van der Waals surface area contributed by atoms with Gasteiger partial charge in [0, 0.05) is 13.1 Å². The van der Waals surface area contributed by atoms with Gasteiger partial charge in [-0.05, 0) is 31.9 Å². The van der Waals surface area contributed by atoms with Crippen molar-refractivity contribution in [3.8, 4) is 5.75 Å². The van der Waals surface area contributed by atoms with Gasteiger partial charge in [0.05, 0.1) is 26.1 Å². The first-order chi connectivity index (χ1) is 12.5. The SMILES string of the molecule is COC(=O)C1CCN(C(=O)COC(=O)CCOc2ccc(C)cc2)CC1. The zero-order chi connectivity index (χ0) is 18.9. The summed E-state index contributed by atoms with van der Waals surface area (Å²) in [5, 5.41) is 0. The summed E-state index contributed by atoms with van der Waals surface area (Å²) >= 11 is 0. The number of rotatable bonds is 7. The maximum Gasteiger partial charge on any atom is 0.309 e. The third-order valence-corrected chi connectivity index (χ3v) is 4.33. The molecule has 1 aliphatic heterocycles. The van der Waals surface area contributed by atoms with Gasteiger partial charge in [-0.15, -0.1) is 0 Å². The molecule has 142 valence electrons. The predicted molar refractivity (Wildman–Crippen MR) is 93.6 cm³/mol. The van der Waals surface area contributed by atoms with E-state index in [1.807, 2.05) is 31.2 Å². The van der Waals surface area contributed by atoms with Crippen LogP contribution in [-0.2, 0) is 23.9 Å². The van der Waals surface area contributed by atoms with Gasteiger partial charge in [0.1, 0.15) is 5.75 Å². The molecule has 1 aromatic carbocycles. The van der Waals surface area contributed by atoms with Gasteiger partial charge < -0.3 is 19.1 Å². The average Bonchev–Trinajstić information content (AvgIpc) is 2.67. The summed E-state index contributed by atoms with van der Waals surface area (Å²) < 4.78 is 15.2. The minimum absolute atomic E-state index is 0.0750. The van der Waals surface area contributed by atoms with Crippen molar-refractivity contribution in [2.24, 2.45) is 5.92 Å². The van der Waals surface area contributed by atoms with Crippen LogP contribution in [0, 0.1) is 12.8 Å². The highest BCUT2D eigenvalue weighted by atomic mass is 16.5. The Morgan fingerprint density at radius 1 is 1.12 bits per heavy atom. The zero-order valence-corrected chi connectivity index (χ0v) is 15.2. The molecule has 0 unspecified atom stereocenters. The van der Waals surface area contributed by atoms with Crippen molar-refractivity contribution < 1.29 is 28.6 Å². The summed E-state index contributed by atoms with van der Waals surface area (Å²) in [5.74, 6) is -0.438. The number of benzene rings is 1. The average molecular weight is 363 g/mol. The maximum absolute atomic E-state index is 12.1. The molecular weight excluding hydrogens is 338 g/mol. The summed E-state index contributed by atoms with van der Waals surface area (Å²) in [6, 6.07) is 7.52. The van der Waals surface area contributed by atoms with E-state index in [1.165, 1.54) is 7.11 Å². The molecule has 1 amide bonds. The van der Waals surface area contributed by atoms with Crippen LogP contribution >= 0.6 is 0 Å². The second-order valence-corrected chi connectivity index (χ2v) is 6.25. The molecule has 2 rings (SSSR count). The van der Waals surface area contributed by atoms with Crippen LogP contribution in [0.3, 0.4) is 0 Å². The van der Waals surface area contributed by atoms with Gasteiger partial charge in [-0.2, -0.15) is 0 Å². The minimum atomic E-state index is -0.477. The zero-order valence-electron chi connectivity index (χ0n) is 15.2. The van der Waals surface area contributed by atoms with Gasteiger partial charge in [-0.25, -0.2) is 0 Å². The Bertz CT molecular complexity index is 619. The van der Waals surface area contributed by atoms with Crippen LogP contribution in [0.4, 0.5) is 0 Å². The van der Waals surface area contributed by atoms with E-state index in [2.05, 4.69) is 0 Å². The third-order valence-electron chi connectivity index (χ3n) is 4.33. The molecule has 0 spiro atoms. The molecule has 0 bridgehead atoms. The second kappa shape index (κ2) is 9.79. The molecule has 0 N–H and O–H groups in total. The number of piperidine rings is 1. The van der Waals surface area contributed by atoms with Crippen LogP contribution in [0.1, 0.15) is 24.8 Å². The first-order valence-corrected chi connectivity index (χ1v) is 8.70. The predicted octanol–water partition coefficient (Wildman–Crippen LogP) is 1.72. The fraction of sp³-hybridized carbons (Fsp3) is 0.526. The molecule has 0 aliphatic carbocycles. The topological polar surface area (TPSA) is 82.1 Å². The Hall–Kier alpha value is -2.57. The van der Waals surface area contributed by atoms with E-state index in [4.69, 9.17) is 14.2 Å². The summed E-state index contributed by atoms with van der Waals surface area (Å²) in [7, 11) is 1.36. The lowest BCUT2D eigenvalue weighted by atomic mass is 9.97. The molecule has 1 aromatic rings. The highest BCUT2D eigenvalue weighted by molar-refractivity contribution is 5.81. The number of methoxy groups -OCH3 is 1. The highest BCUT2D eigenvalue weighted by Crippen LogP contribution is 2.18. The molecule has 0 saturated carbocycles. The Kier molecular flexibility index (Phi) is 7.44. The first kappa shape index (κ1) is 19.8. The van der Waals surface area contributed by atoms with Gasteiger partial charge in [0.15, 0.2) is 6.61 Å². The van der Waals surface area contributed by atoms with E-state index >= 15 is 0 Å². The largest absolute Gasteiger partial charge is 0.493 e. The number of nitrogens with zero attached hydrogens (tertiary/aromatic N) is 1. The Morgan fingerprint density at radius 2 is 1.77 bits per heavy atom. The van der Waals surface area contributed by atoms with Gasteiger partial charge >= 0.3 is 11.9 Å². The maximum atomic E-state index is 12.1. The second-order valence-electron chi connectivity index (χ2n) is 6.25. The number of carbonyl (C=O) groups is 3. The summed E-state index contributed by atoms with van der Waals surface area (Å²) in [6.45, 7) is 2.82. The normalized spacial score (nSPS) is 14.6. The molecule has 1 saturated heterocycles. The smallest absolute Gasteiger partial charge is 0.309 e. The van der Waals surface area contributed by atoms with Crippen molar-refractivity contribution in [2.45, 2.75) is 26.2 Å². The van der Waals surface area contributed by atoms with E-state index in [0.717, 1.165) is 5.56 Å².